The fourth-order valence-electron chi connectivity index (χ4n) is 4.30. The third-order valence-corrected chi connectivity index (χ3v) is 7.86. The van der Waals surface area contributed by atoms with Crippen LogP contribution in [0.1, 0.15) is 64.0 Å². The van der Waals surface area contributed by atoms with Crippen LogP contribution >= 0.6 is 0 Å². The molecule has 1 atom stereocenters. The van der Waals surface area contributed by atoms with Crippen molar-refractivity contribution >= 4 is 21.6 Å². The van der Waals surface area contributed by atoms with E-state index in [9.17, 15) is 13.2 Å². The molecule has 4 rings (SSSR count). The smallest absolute Gasteiger partial charge is 0.262 e. The van der Waals surface area contributed by atoms with Crippen molar-refractivity contribution in [3.05, 3.63) is 94.0 Å². The minimum absolute atomic E-state index is 0.0971. The molecule has 0 saturated heterocycles. The molecular formula is C27H30N2O3S. The lowest BCUT2D eigenvalue weighted by Gasteiger charge is -2.20. The highest BCUT2D eigenvalue weighted by molar-refractivity contribution is 7.92. The monoisotopic (exact) mass is 462 g/mol. The quantitative estimate of drug-likeness (QED) is 0.510. The molecule has 172 valence electrons. The molecule has 0 aliphatic heterocycles. The second kappa shape index (κ2) is 9.40. The Balaban J connectivity index is 1.54. The normalized spacial score (nSPS) is 14.3. The zero-order chi connectivity index (χ0) is 23.6. The molecule has 0 saturated carbocycles. The average Bonchev–Trinajstić information content (AvgIpc) is 2.80. The molecule has 0 heterocycles. The van der Waals surface area contributed by atoms with E-state index >= 15 is 0 Å². The Morgan fingerprint density at radius 2 is 1.61 bits per heavy atom. The van der Waals surface area contributed by atoms with E-state index in [1.165, 1.54) is 30.0 Å². The number of sulfonamides is 1. The number of para-hydroxylation sites is 1. The minimum atomic E-state index is -3.84. The van der Waals surface area contributed by atoms with Crippen LogP contribution in [0, 0.1) is 13.8 Å². The Morgan fingerprint density at radius 1 is 0.879 bits per heavy atom. The molecule has 3 aromatic carbocycles. The Kier molecular flexibility index (Phi) is 6.56. The highest BCUT2D eigenvalue weighted by atomic mass is 32.2. The van der Waals surface area contributed by atoms with E-state index in [2.05, 4.69) is 28.2 Å². The first-order valence-electron chi connectivity index (χ1n) is 11.4. The van der Waals surface area contributed by atoms with E-state index in [4.69, 9.17) is 0 Å². The van der Waals surface area contributed by atoms with Crippen molar-refractivity contribution in [3.63, 3.8) is 0 Å². The van der Waals surface area contributed by atoms with Crippen LogP contribution in [-0.4, -0.2) is 14.3 Å². The lowest BCUT2D eigenvalue weighted by Crippen LogP contribution is -2.27. The number of benzene rings is 3. The van der Waals surface area contributed by atoms with E-state index in [0.717, 1.165) is 24.0 Å². The maximum absolute atomic E-state index is 13.1. The molecule has 1 amide bonds. The standard InChI is InChI=1S/C27H30N2O3S/c1-18-8-4-7-11-25(18)29-33(31,32)26-17-24(13-12-19(26)2)27(30)28-20(3)22-15-14-21-9-5-6-10-23(21)16-22/h4,7-8,11-17,20,29H,5-6,9-10H2,1-3H3,(H,28,30). The summed E-state index contributed by atoms with van der Waals surface area (Å²) in [4.78, 5) is 13.1. The maximum Gasteiger partial charge on any atom is 0.262 e. The van der Waals surface area contributed by atoms with Crippen molar-refractivity contribution in [1.82, 2.24) is 5.32 Å². The topological polar surface area (TPSA) is 75.3 Å². The second-order valence-electron chi connectivity index (χ2n) is 8.83. The van der Waals surface area contributed by atoms with E-state index in [0.29, 0.717) is 16.8 Å². The summed E-state index contributed by atoms with van der Waals surface area (Å²) in [7, 11) is -3.84. The molecule has 0 fully saturated rings. The summed E-state index contributed by atoms with van der Waals surface area (Å²) in [5.74, 6) is -0.299. The molecule has 0 aromatic heterocycles. The first-order valence-corrected chi connectivity index (χ1v) is 12.8. The molecule has 3 aromatic rings. The first kappa shape index (κ1) is 23.1. The van der Waals surface area contributed by atoms with Gasteiger partial charge in [0.25, 0.3) is 15.9 Å². The van der Waals surface area contributed by atoms with Crippen LogP contribution in [0.5, 0.6) is 0 Å². The number of carbonyl (C=O) groups excluding carboxylic acids is 1. The van der Waals surface area contributed by atoms with Gasteiger partial charge in [-0.2, -0.15) is 0 Å². The largest absolute Gasteiger partial charge is 0.346 e. The molecule has 0 radical (unpaired) electrons. The van der Waals surface area contributed by atoms with E-state index in [1.54, 1.807) is 31.2 Å². The van der Waals surface area contributed by atoms with Gasteiger partial charge in [0.2, 0.25) is 0 Å². The Bertz CT molecular complexity index is 1300. The van der Waals surface area contributed by atoms with Gasteiger partial charge in [0.05, 0.1) is 16.6 Å². The average molecular weight is 463 g/mol. The summed E-state index contributed by atoms with van der Waals surface area (Å²) in [6.07, 6.45) is 4.63. The number of fused-ring (bicyclic) bond motifs is 1. The fourth-order valence-corrected chi connectivity index (χ4v) is 5.71. The van der Waals surface area contributed by atoms with Crippen LogP contribution in [0.3, 0.4) is 0 Å². The molecule has 6 heteroatoms. The van der Waals surface area contributed by atoms with Crippen LogP contribution in [0.25, 0.3) is 0 Å². The molecule has 1 unspecified atom stereocenters. The molecule has 1 aliphatic carbocycles. The van der Waals surface area contributed by atoms with Crippen molar-refractivity contribution in [1.29, 1.82) is 0 Å². The van der Waals surface area contributed by atoms with E-state index < -0.39 is 10.0 Å². The molecule has 33 heavy (non-hydrogen) atoms. The molecular weight excluding hydrogens is 432 g/mol. The van der Waals surface area contributed by atoms with Gasteiger partial charge in [-0.3, -0.25) is 9.52 Å². The highest BCUT2D eigenvalue weighted by Gasteiger charge is 2.21. The number of anilines is 1. The molecule has 1 aliphatic rings. The van der Waals surface area contributed by atoms with Gasteiger partial charge in [-0.15, -0.1) is 0 Å². The van der Waals surface area contributed by atoms with Gasteiger partial charge >= 0.3 is 0 Å². The van der Waals surface area contributed by atoms with Crippen molar-refractivity contribution in [2.45, 2.75) is 57.4 Å². The molecule has 2 N–H and O–H groups in total. The lowest BCUT2D eigenvalue weighted by molar-refractivity contribution is 0.0939. The third-order valence-electron chi connectivity index (χ3n) is 6.35. The number of hydrogen-bond acceptors (Lipinski definition) is 3. The van der Waals surface area contributed by atoms with Gasteiger partial charge in [0, 0.05) is 5.56 Å². The van der Waals surface area contributed by atoms with Gasteiger partial charge in [-0.1, -0.05) is 42.5 Å². The van der Waals surface area contributed by atoms with Gasteiger partial charge < -0.3 is 5.32 Å². The lowest BCUT2D eigenvalue weighted by atomic mass is 9.89. The van der Waals surface area contributed by atoms with Crippen molar-refractivity contribution in [2.75, 3.05) is 4.72 Å². The van der Waals surface area contributed by atoms with Crippen LogP contribution < -0.4 is 10.0 Å². The number of amides is 1. The first-order chi connectivity index (χ1) is 15.7. The third kappa shape index (κ3) is 5.11. The number of carbonyl (C=O) groups is 1. The van der Waals surface area contributed by atoms with Crippen LogP contribution in [0.4, 0.5) is 5.69 Å². The van der Waals surface area contributed by atoms with Gasteiger partial charge in [0.15, 0.2) is 0 Å². The van der Waals surface area contributed by atoms with Crippen LogP contribution in [-0.2, 0) is 22.9 Å². The second-order valence-corrected chi connectivity index (χ2v) is 10.5. The SMILES string of the molecule is Cc1ccccc1NS(=O)(=O)c1cc(C(=O)NC(C)c2ccc3c(c2)CCCC3)ccc1C. The predicted molar refractivity (Wildman–Crippen MR) is 132 cm³/mol. The van der Waals surface area contributed by atoms with Gasteiger partial charge in [-0.25, -0.2) is 8.42 Å². The van der Waals surface area contributed by atoms with Crippen molar-refractivity contribution in [2.24, 2.45) is 0 Å². The highest BCUT2D eigenvalue weighted by Crippen LogP contribution is 2.26. The van der Waals surface area contributed by atoms with E-state index in [-0.39, 0.29) is 16.8 Å². The maximum atomic E-state index is 13.1. The predicted octanol–water partition coefficient (Wildman–Crippen LogP) is 5.47. The van der Waals surface area contributed by atoms with Crippen molar-refractivity contribution < 1.29 is 13.2 Å². The summed E-state index contributed by atoms with van der Waals surface area (Å²) < 4.78 is 28.8. The van der Waals surface area contributed by atoms with E-state index in [1.807, 2.05) is 26.0 Å². The summed E-state index contributed by atoms with van der Waals surface area (Å²) in [5.41, 5.74) is 6.07. The van der Waals surface area contributed by atoms with Crippen molar-refractivity contribution in [3.8, 4) is 0 Å². The minimum Gasteiger partial charge on any atom is -0.346 e. The number of nitrogens with one attached hydrogen (secondary N) is 2. The number of aryl methyl sites for hydroxylation is 4. The van der Waals surface area contributed by atoms with Gasteiger partial charge in [-0.05, 0) is 92.5 Å². The molecule has 0 bridgehead atoms. The van der Waals surface area contributed by atoms with Crippen LogP contribution in [0.2, 0.25) is 0 Å². The zero-order valence-corrected chi connectivity index (χ0v) is 20.1. The molecule has 0 spiro atoms. The Hall–Kier alpha value is -3.12. The fraction of sp³-hybridized carbons (Fsp3) is 0.296. The summed E-state index contributed by atoms with van der Waals surface area (Å²) >= 11 is 0. The number of hydrogen-bond donors (Lipinski definition) is 2. The summed E-state index contributed by atoms with van der Waals surface area (Å²) in [6.45, 7) is 5.52. The summed E-state index contributed by atoms with van der Waals surface area (Å²) in [6, 6.07) is 18.2. The number of rotatable bonds is 6. The zero-order valence-electron chi connectivity index (χ0n) is 19.3. The Morgan fingerprint density at radius 3 is 2.36 bits per heavy atom. The molecule has 5 nitrogen and oxygen atoms in total. The Labute approximate surface area is 196 Å². The van der Waals surface area contributed by atoms with Crippen LogP contribution in [0.15, 0.2) is 65.6 Å². The summed E-state index contributed by atoms with van der Waals surface area (Å²) in [5, 5.41) is 3.02. The van der Waals surface area contributed by atoms with Gasteiger partial charge in [0.1, 0.15) is 0 Å².